The minimum absolute atomic E-state index is 0.00105. The second-order valence-electron chi connectivity index (χ2n) is 7.33. The van der Waals surface area contributed by atoms with Gasteiger partial charge in [0.15, 0.2) is 0 Å². The highest BCUT2D eigenvalue weighted by Gasteiger charge is 2.28. The van der Waals surface area contributed by atoms with Gasteiger partial charge >= 0.3 is 12.0 Å². The zero-order valence-electron chi connectivity index (χ0n) is 15.0. The molecule has 1 saturated carbocycles. The number of benzene rings is 1. The van der Waals surface area contributed by atoms with Crippen LogP contribution in [0.25, 0.3) is 5.69 Å². The van der Waals surface area contributed by atoms with Crippen molar-refractivity contribution in [1.82, 2.24) is 15.1 Å². The largest absolute Gasteiger partial charge is 0.481 e. The Morgan fingerprint density at radius 2 is 1.96 bits per heavy atom. The van der Waals surface area contributed by atoms with Crippen LogP contribution in [0.1, 0.15) is 51.1 Å². The summed E-state index contributed by atoms with van der Waals surface area (Å²) in [4.78, 5) is 23.2. The normalized spacial score (nSPS) is 14.1. The quantitative estimate of drug-likeness (QED) is 0.707. The molecular weight excluding hydrogens is 332 g/mol. The summed E-state index contributed by atoms with van der Waals surface area (Å²) in [5.41, 5.74) is 1.23. The molecule has 1 aromatic carbocycles. The highest BCUT2D eigenvalue weighted by molar-refractivity contribution is 5.89. The third-order valence-corrected chi connectivity index (χ3v) is 4.38. The molecule has 0 saturated heterocycles. The van der Waals surface area contributed by atoms with Crippen molar-refractivity contribution in [3.05, 3.63) is 42.1 Å². The first-order chi connectivity index (χ1) is 12.3. The Labute approximate surface area is 152 Å². The van der Waals surface area contributed by atoms with Crippen LogP contribution < -0.4 is 10.6 Å². The van der Waals surface area contributed by atoms with Gasteiger partial charge in [-0.15, -0.1) is 0 Å². The molecule has 0 unspecified atom stereocenters. The number of hydrogen-bond donors (Lipinski definition) is 3. The third-order valence-electron chi connectivity index (χ3n) is 4.38. The van der Waals surface area contributed by atoms with Crippen molar-refractivity contribution in [2.75, 3.05) is 5.32 Å². The topological polar surface area (TPSA) is 96.2 Å². The maximum atomic E-state index is 12.4. The second kappa shape index (κ2) is 7.19. The maximum absolute atomic E-state index is 12.4. The van der Waals surface area contributed by atoms with Crippen molar-refractivity contribution < 1.29 is 14.7 Å². The van der Waals surface area contributed by atoms with Gasteiger partial charge in [-0.3, -0.25) is 10.1 Å². The Kier molecular flexibility index (Phi) is 4.97. The molecule has 3 rings (SSSR count). The smallest absolute Gasteiger partial charge is 0.320 e. The van der Waals surface area contributed by atoms with Crippen LogP contribution in [-0.4, -0.2) is 32.4 Å². The molecule has 0 spiro atoms. The van der Waals surface area contributed by atoms with Crippen LogP contribution in [0.15, 0.2) is 36.4 Å². The number of urea groups is 1. The average molecular weight is 356 g/mol. The number of nitrogens with zero attached hydrogens (tertiary/aromatic N) is 2. The molecule has 1 aromatic heterocycles. The van der Waals surface area contributed by atoms with Gasteiger partial charge in [0.25, 0.3) is 0 Å². The van der Waals surface area contributed by atoms with Crippen LogP contribution in [0.5, 0.6) is 0 Å². The number of carbonyl (C=O) groups is 2. The van der Waals surface area contributed by atoms with E-state index in [2.05, 4.69) is 15.7 Å². The van der Waals surface area contributed by atoms with Crippen molar-refractivity contribution in [2.45, 2.75) is 51.0 Å². The molecule has 1 heterocycles. The van der Waals surface area contributed by atoms with Gasteiger partial charge in [0.1, 0.15) is 5.82 Å². The highest BCUT2D eigenvalue weighted by atomic mass is 16.4. The van der Waals surface area contributed by atoms with Crippen molar-refractivity contribution >= 4 is 17.8 Å². The van der Waals surface area contributed by atoms with E-state index >= 15 is 0 Å². The molecule has 0 atom stereocenters. The number of amides is 2. The Morgan fingerprint density at radius 3 is 2.58 bits per heavy atom. The van der Waals surface area contributed by atoms with Crippen molar-refractivity contribution in [3.63, 3.8) is 0 Å². The van der Waals surface area contributed by atoms with Gasteiger partial charge in [-0.05, 0) is 45.2 Å². The molecule has 1 fully saturated rings. The molecule has 7 nitrogen and oxygen atoms in total. The molecule has 0 radical (unpaired) electrons. The standard InChI is InChI=1S/C19H24N4O3/c1-19(2,11-10-17(24)25)21-18(26)20-16-12-15(13-8-9-13)22-23(16)14-6-4-3-5-7-14/h3-7,12-13H,8-11H2,1-2H3,(H,24,25)(H2,20,21,26). The lowest BCUT2D eigenvalue weighted by atomic mass is 9.99. The fourth-order valence-electron chi connectivity index (χ4n) is 2.77. The summed E-state index contributed by atoms with van der Waals surface area (Å²) in [5.74, 6) is 0.191. The molecule has 26 heavy (non-hydrogen) atoms. The number of aliphatic carboxylic acids is 1. The molecular formula is C19H24N4O3. The Hall–Kier alpha value is -2.83. The average Bonchev–Trinajstić information content (AvgIpc) is 3.35. The van der Waals surface area contributed by atoms with Crippen molar-refractivity contribution in [3.8, 4) is 5.69 Å². The Bertz CT molecular complexity index is 794. The maximum Gasteiger partial charge on any atom is 0.320 e. The number of para-hydroxylation sites is 1. The summed E-state index contributed by atoms with van der Waals surface area (Å²) in [6.07, 6.45) is 2.60. The van der Waals surface area contributed by atoms with Crippen LogP contribution >= 0.6 is 0 Å². The summed E-state index contributed by atoms with van der Waals surface area (Å²) in [5, 5.41) is 19.2. The van der Waals surface area contributed by atoms with Crippen molar-refractivity contribution in [1.29, 1.82) is 0 Å². The lowest BCUT2D eigenvalue weighted by Crippen LogP contribution is -2.46. The molecule has 1 aliphatic carbocycles. The molecule has 138 valence electrons. The van der Waals surface area contributed by atoms with E-state index in [9.17, 15) is 9.59 Å². The summed E-state index contributed by atoms with van der Waals surface area (Å²) < 4.78 is 1.73. The predicted octanol–water partition coefficient (Wildman–Crippen LogP) is 3.51. The van der Waals surface area contributed by atoms with Gasteiger partial charge in [0.05, 0.1) is 11.4 Å². The second-order valence-corrected chi connectivity index (χ2v) is 7.33. The number of anilines is 1. The lowest BCUT2D eigenvalue weighted by molar-refractivity contribution is -0.137. The number of rotatable bonds is 7. The summed E-state index contributed by atoms with van der Waals surface area (Å²) >= 11 is 0. The lowest BCUT2D eigenvalue weighted by Gasteiger charge is -2.25. The first-order valence-corrected chi connectivity index (χ1v) is 8.80. The highest BCUT2D eigenvalue weighted by Crippen LogP contribution is 2.40. The van der Waals surface area contributed by atoms with Crippen LogP contribution in [0.3, 0.4) is 0 Å². The van der Waals surface area contributed by atoms with E-state index in [-0.39, 0.29) is 12.5 Å². The third kappa shape index (κ3) is 4.62. The molecule has 0 aliphatic heterocycles. The van der Waals surface area contributed by atoms with Gasteiger partial charge in [0.2, 0.25) is 0 Å². The molecule has 0 bridgehead atoms. The molecule has 1 aliphatic rings. The van der Waals surface area contributed by atoms with Gasteiger partial charge in [0, 0.05) is 23.9 Å². The van der Waals surface area contributed by atoms with E-state index in [1.54, 1.807) is 18.5 Å². The van der Waals surface area contributed by atoms with E-state index in [1.807, 2.05) is 36.4 Å². The SMILES string of the molecule is CC(C)(CCC(=O)O)NC(=O)Nc1cc(C2CC2)nn1-c1ccccc1. The van der Waals surface area contributed by atoms with E-state index in [1.165, 1.54) is 0 Å². The van der Waals surface area contributed by atoms with Gasteiger partial charge in [-0.1, -0.05) is 18.2 Å². The van der Waals surface area contributed by atoms with Crippen LogP contribution in [0.2, 0.25) is 0 Å². The van der Waals surface area contributed by atoms with Crippen molar-refractivity contribution in [2.24, 2.45) is 0 Å². The van der Waals surface area contributed by atoms with Crippen LogP contribution in [0.4, 0.5) is 10.6 Å². The van der Waals surface area contributed by atoms with E-state index in [4.69, 9.17) is 5.11 Å². The summed E-state index contributed by atoms with van der Waals surface area (Å²) in [7, 11) is 0. The fourth-order valence-corrected chi connectivity index (χ4v) is 2.77. The van der Waals surface area contributed by atoms with E-state index in [0.717, 1.165) is 24.2 Å². The van der Waals surface area contributed by atoms with E-state index < -0.39 is 11.5 Å². The molecule has 2 amide bonds. The molecule has 2 aromatic rings. The number of carboxylic acid groups (broad SMARTS) is 1. The number of hydrogen-bond acceptors (Lipinski definition) is 3. The minimum Gasteiger partial charge on any atom is -0.481 e. The molecule has 3 N–H and O–H groups in total. The Balaban J connectivity index is 1.74. The van der Waals surface area contributed by atoms with E-state index in [0.29, 0.717) is 18.2 Å². The predicted molar refractivity (Wildman–Crippen MR) is 98.6 cm³/mol. The summed E-state index contributed by atoms with van der Waals surface area (Å²) in [6, 6.07) is 11.2. The van der Waals surface area contributed by atoms with Gasteiger partial charge in [-0.2, -0.15) is 5.10 Å². The number of aromatic nitrogens is 2. The van der Waals surface area contributed by atoms with Crippen LogP contribution in [0, 0.1) is 0 Å². The van der Waals surface area contributed by atoms with Crippen LogP contribution in [-0.2, 0) is 4.79 Å². The molecule has 7 heteroatoms. The zero-order valence-corrected chi connectivity index (χ0v) is 15.0. The first kappa shape index (κ1) is 18.0. The number of carboxylic acids is 1. The monoisotopic (exact) mass is 356 g/mol. The first-order valence-electron chi connectivity index (χ1n) is 8.80. The number of nitrogens with one attached hydrogen (secondary N) is 2. The zero-order chi connectivity index (χ0) is 18.7. The fraction of sp³-hybridized carbons (Fsp3) is 0.421. The van der Waals surface area contributed by atoms with Gasteiger partial charge < -0.3 is 10.4 Å². The Morgan fingerprint density at radius 1 is 1.27 bits per heavy atom. The minimum atomic E-state index is -0.878. The number of carbonyl (C=O) groups excluding carboxylic acids is 1. The summed E-state index contributed by atoms with van der Waals surface area (Å²) in [6.45, 7) is 3.61. The van der Waals surface area contributed by atoms with Gasteiger partial charge in [-0.25, -0.2) is 9.48 Å².